The lowest BCUT2D eigenvalue weighted by atomic mass is 10.1. The molecule has 0 spiro atoms. The minimum Gasteiger partial charge on any atom is -0.453 e. The van der Waals surface area contributed by atoms with Gasteiger partial charge >= 0.3 is 6.09 Å². The second-order valence-electron chi connectivity index (χ2n) is 6.80. The van der Waals surface area contributed by atoms with Crippen molar-refractivity contribution < 1.29 is 14.3 Å². The van der Waals surface area contributed by atoms with Crippen LogP contribution < -0.4 is 10.2 Å². The molecule has 1 heterocycles. The van der Waals surface area contributed by atoms with Crippen molar-refractivity contribution in [2.45, 2.75) is 32.2 Å². The molecule has 0 bridgehead atoms. The summed E-state index contributed by atoms with van der Waals surface area (Å²) in [6.45, 7) is 2.31. The summed E-state index contributed by atoms with van der Waals surface area (Å²) < 4.78 is 5.57. The zero-order chi connectivity index (χ0) is 19.4. The van der Waals surface area contributed by atoms with E-state index in [1.54, 1.807) is 11.1 Å². The largest absolute Gasteiger partial charge is 0.453 e. The van der Waals surface area contributed by atoms with Gasteiger partial charge in [-0.15, -0.1) is 0 Å². The molecule has 1 atom stereocenters. The Hall–Kier alpha value is -2.35. The predicted molar refractivity (Wildman–Crippen MR) is 106 cm³/mol. The molecule has 1 aromatic heterocycles. The second-order valence-corrected chi connectivity index (χ2v) is 7.72. The van der Waals surface area contributed by atoms with Crippen molar-refractivity contribution in [3.63, 3.8) is 0 Å². The molecular formula is C19H23BrN4O3. The number of halogens is 1. The number of aromatic nitrogens is 2. The molecule has 2 amide bonds. The van der Waals surface area contributed by atoms with Crippen LogP contribution >= 0.6 is 15.9 Å². The molecule has 1 saturated carbocycles. The summed E-state index contributed by atoms with van der Waals surface area (Å²) >= 11 is 3.43. The molecule has 0 saturated heterocycles. The van der Waals surface area contributed by atoms with Gasteiger partial charge in [-0.3, -0.25) is 9.69 Å². The average molecular weight is 435 g/mol. The number of rotatable bonds is 7. The smallest absolute Gasteiger partial charge is 0.406 e. The summed E-state index contributed by atoms with van der Waals surface area (Å²) in [6, 6.07) is 8.11. The van der Waals surface area contributed by atoms with Gasteiger partial charge in [0.15, 0.2) is 0 Å². The van der Waals surface area contributed by atoms with Crippen LogP contribution in [-0.2, 0) is 9.53 Å². The normalized spacial score (nSPS) is 14.5. The number of H-pyrrole nitrogens is 1. The van der Waals surface area contributed by atoms with Gasteiger partial charge in [0, 0.05) is 23.5 Å². The minimum absolute atomic E-state index is 0.00115. The Labute approximate surface area is 166 Å². The topological polar surface area (TPSA) is 87.3 Å². The molecule has 1 fully saturated rings. The molecule has 0 radical (unpaired) electrons. The van der Waals surface area contributed by atoms with Crippen LogP contribution in [0.15, 0.2) is 34.9 Å². The fourth-order valence-corrected chi connectivity index (χ4v) is 3.10. The number of alkyl carbamates (subject to hydrolysis) is 1. The molecule has 0 aliphatic heterocycles. The number of ether oxygens (including phenoxy) is 1. The first-order valence-corrected chi connectivity index (χ1v) is 9.72. The second kappa shape index (κ2) is 8.56. The highest BCUT2D eigenvalue weighted by Crippen LogP contribution is 2.32. The summed E-state index contributed by atoms with van der Waals surface area (Å²) in [7, 11) is 1.32. The maximum atomic E-state index is 12.9. The number of hydrogen-bond donors (Lipinski definition) is 2. The van der Waals surface area contributed by atoms with Gasteiger partial charge in [0.25, 0.3) is 0 Å². The third kappa shape index (κ3) is 5.09. The van der Waals surface area contributed by atoms with Crippen molar-refractivity contribution in [2.24, 2.45) is 5.92 Å². The van der Waals surface area contributed by atoms with Gasteiger partial charge in [0.05, 0.1) is 19.0 Å². The zero-order valence-corrected chi connectivity index (χ0v) is 17.0. The van der Waals surface area contributed by atoms with Gasteiger partial charge in [0.1, 0.15) is 0 Å². The number of carbonyl (C=O) groups is 2. The Balaban J connectivity index is 1.68. The van der Waals surface area contributed by atoms with Crippen molar-refractivity contribution in [1.29, 1.82) is 0 Å². The highest BCUT2D eigenvalue weighted by Gasteiger charge is 2.35. The fourth-order valence-electron chi connectivity index (χ4n) is 2.84. The molecule has 144 valence electrons. The first-order chi connectivity index (χ1) is 13.0. The van der Waals surface area contributed by atoms with Gasteiger partial charge < -0.3 is 15.0 Å². The Kier molecular flexibility index (Phi) is 6.15. The molecule has 27 heavy (non-hydrogen) atoms. The summed E-state index contributed by atoms with van der Waals surface area (Å²) in [5, 5.41) is 2.63. The quantitative estimate of drug-likeness (QED) is 0.694. The molecular weight excluding hydrogens is 412 g/mol. The summed E-state index contributed by atoms with van der Waals surface area (Å²) in [5.74, 6) is 0.584. The lowest BCUT2D eigenvalue weighted by Crippen LogP contribution is -2.37. The van der Waals surface area contributed by atoms with E-state index in [0.29, 0.717) is 18.9 Å². The average Bonchev–Trinajstić information content (AvgIpc) is 3.36. The van der Waals surface area contributed by atoms with Gasteiger partial charge in [-0.25, -0.2) is 9.78 Å². The minimum atomic E-state index is -0.487. The number of hydrogen-bond acceptors (Lipinski definition) is 4. The molecule has 7 nitrogen and oxygen atoms in total. The number of nitrogens with zero attached hydrogens (tertiary/aromatic N) is 2. The number of aromatic amines is 1. The van der Waals surface area contributed by atoms with E-state index < -0.39 is 6.09 Å². The van der Waals surface area contributed by atoms with Crippen LogP contribution in [0.2, 0.25) is 0 Å². The molecule has 1 unspecified atom stereocenters. The first kappa shape index (κ1) is 19.4. The first-order valence-electron chi connectivity index (χ1n) is 8.92. The molecule has 1 aliphatic rings. The van der Waals surface area contributed by atoms with E-state index >= 15 is 0 Å². The lowest BCUT2D eigenvalue weighted by Gasteiger charge is -2.21. The molecule has 3 rings (SSSR count). The number of methoxy groups -OCH3 is 1. The van der Waals surface area contributed by atoms with E-state index in [9.17, 15) is 9.59 Å². The number of nitrogens with one attached hydrogen (secondary N) is 2. The van der Waals surface area contributed by atoms with Crippen LogP contribution in [0.3, 0.4) is 0 Å². The van der Waals surface area contributed by atoms with Crippen molar-refractivity contribution in [3.8, 4) is 11.3 Å². The standard InChI is InChI=1S/C19H23BrN4O3/c1-12(10-22-19(26)27-2)9-17(25)24(15-7-8-15)18-21-11-16(23-18)13-3-5-14(20)6-4-13/h3-6,11-12,15H,7-10H2,1-2H3,(H,21,23)(H,22,26). The van der Waals surface area contributed by atoms with Gasteiger partial charge in [-0.1, -0.05) is 35.0 Å². The summed E-state index contributed by atoms with van der Waals surface area (Å²) in [6.07, 6.45) is 3.56. The van der Waals surface area contributed by atoms with Crippen molar-refractivity contribution >= 4 is 33.9 Å². The summed E-state index contributed by atoms with van der Waals surface area (Å²) in [4.78, 5) is 33.5. The lowest BCUT2D eigenvalue weighted by molar-refractivity contribution is -0.119. The monoisotopic (exact) mass is 434 g/mol. The fraction of sp³-hybridized carbons (Fsp3) is 0.421. The molecule has 1 aromatic carbocycles. The van der Waals surface area contributed by atoms with E-state index in [0.717, 1.165) is 28.6 Å². The third-order valence-corrected chi connectivity index (χ3v) is 4.96. The maximum absolute atomic E-state index is 12.9. The number of carbonyl (C=O) groups excluding carboxylic acids is 2. The van der Waals surface area contributed by atoms with E-state index in [2.05, 4.69) is 36.0 Å². The number of benzene rings is 1. The van der Waals surface area contributed by atoms with E-state index in [1.807, 2.05) is 31.2 Å². The highest BCUT2D eigenvalue weighted by molar-refractivity contribution is 9.10. The highest BCUT2D eigenvalue weighted by atomic mass is 79.9. The number of anilines is 1. The predicted octanol–water partition coefficient (Wildman–Crippen LogP) is 3.72. The Bertz CT molecular complexity index is 802. The van der Waals surface area contributed by atoms with Gasteiger partial charge in [0.2, 0.25) is 11.9 Å². The molecule has 1 aliphatic carbocycles. The Morgan fingerprint density at radius 2 is 2.07 bits per heavy atom. The Morgan fingerprint density at radius 3 is 2.70 bits per heavy atom. The van der Waals surface area contributed by atoms with Crippen molar-refractivity contribution in [3.05, 3.63) is 34.9 Å². The van der Waals surface area contributed by atoms with Crippen LogP contribution in [0, 0.1) is 5.92 Å². The van der Waals surface area contributed by atoms with E-state index in [4.69, 9.17) is 0 Å². The number of imidazole rings is 1. The zero-order valence-electron chi connectivity index (χ0n) is 15.4. The Morgan fingerprint density at radius 1 is 1.37 bits per heavy atom. The van der Waals surface area contributed by atoms with Gasteiger partial charge in [-0.2, -0.15) is 0 Å². The SMILES string of the molecule is COC(=O)NCC(C)CC(=O)N(c1ncc(-c2ccc(Br)cc2)[nH]1)C1CC1. The molecule has 2 N–H and O–H groups in total. The van der Waals surface area contributed by atoms with Crippen LogP contribution in [-0.4, -0.2) is 41.7 Å². The van der Waals surface area contributed by atoms with Crippen molar-refractivity contribution in [1.82, 2.24) is 15.3 Å². The van der Waals surface area contributed by atoms with Crippen molar-refractivity contribution in [2.75, 3.05) is 18.6 Å². The van der Waals surface area contributed by atoms with Crippen LogP contribution in [0.5, 0.6) is 0 Å². The summed E-state index contributed by atoms with van der Waals surface area (Å²) in [5.41, 5.74) is 1.88. The van der Waals surface area contributed by atoms with Crippen LogP contribution in [0.1, 0.15) is 26.2 Å². The molecule has 2 aromatic rings. The molecule has 8 heteroatoms. The van der Waals surface area contributed by atoms with Crippen LogP contribution in [0.4, 0.5) is 10.7 Å². The third-order valence-electron chi connectivity index (χ3n) is 4.43. The van der Waals surface area contributed by atoms with Crippen LogP contribution in [0.25, 0.3) is 11.3 Å². The maximum Gasteiger partial charge on any atom is 0.406 e. The van der Waals surface area contributed by atoms with E-state index in [-0.39, 0.29) is 17.9 Å². The van der Waals surface area contributed by atoms with Gasteiger partial charge in [-0.05, 0) is 36.5 Å². The number of amides is 2. The van der Waals surface area contributed by atoms with E-state index in [1.165, 1.54) is 7.11 Å².